The van der Waals surface area contributed by atoms with Gasteiger partial charge in [0.1, 0.15) is 25.6 Å². The number of fused-ring (bicyclic) bond motifs is 1. The van der Waals surface area contributed by atoms with E-state index in [-0.39, 0.29) is 12.0 Å². The number of aryl methyl sites for hydroxylation is 1. The van der Waals surface area contributed by atoms with Crippen LogP contribution in [0.1, 0.15) is 35.2 Å². The van der Waals surface area contributed by atoms with Gasteiger partial charge < -0.3 is 24.3 Å². The normalized spacial score (nSPS) is 18.4. The van der Waals surface area contributed by atoms with Crippen molar-refractivity contribution in [2.24, 2.45) is 0 Å². The van der Waals surface area contributed by atoms with Crippen LogP contribution in [0, 0.1) is 6.92 Å². The molecular weight excluding hydrogens is 358 g/mol. The van der Waals surface area contributed by atoms with Crippen molar-refractivity contribution < 1.29 is 23.7 Å². The van der Waals surface area contributed by atoms with E-state index < -0.39 is 0 Å². The first kappa shape index (κ1) is 18.6. The second kappa shape index (κ2) is 8.52. The lowest BCUT2D eigenvalue weighted by Crippen LogP contribution is -2.25. The van der Waals surface area contributed by atoms with E-state index in [2.05, 4.69) is 5.32 Å². The SMILES string of the molecule is Cc1cc2c(cc1C(=O)Nc1ccc(OCC3CCCCO3)cc1)OCCO2. The van der Waals surface area contributed by atoms with Gasteiger partial charge in [-0.2, -0.15) is 0 Å². The maximum atomic E-state index is 12.7. The molecule has 148 valence electrons. The Hall–Kier alpha value is -2.73. The lowest BCUT2D eigenvalue weighted by molar-refractivity contribution is -0.0110. The highest BCUT2D eigenvalue weighted by atomic mass is 16.6. The number of benzene rings is 2. The standard InChI is InChI=1S/C22H25NO5/c1-15-12-20-21(27-11-10-26-20)13-19(15)22(24)23-16-5-7-17(8-6-16)28-14-18-4-2-3-9-25-18/h5-8,12-13,18H,2-4,9-11,14H2,1H3,(H,23,24). The predicted octanol–water partition coefficient (Wildman–Crippen LogP) is 3.97. The van der Waals surface area contributed by atoms with E-state index in [1.807, 2.05) is 37.3 Å². The minimum absolute atomic E-state index is 0.173. The Morgan fingerprint density at radius 3 is 2.54 bits per heavy atom. The van der Waals surface area contributed by atoms with E-state index in [1.165, 1.54) is 6.42 Å². The molecule has 1 atom stereocenters. The van der Waals surface area contributed by atoms with Gasteiger partial charge in [-0.05, 0) is 68.1 Å². The number of ether oxygens (including phenoxy) is 4. The summed E-state index contributed by atoms with van der Waals surface area (Å²) < 4.78 is 22.6. The van der Waals surface area contributed by atoms with E-state index >= 15 is 0 Å². The predicted molar refractivity (Wildman–Crippen MR) is 106 cm³/mol. The molecule has 2 aliphatic heterocycles. The molecule has 1 unspecified atom stereocenters. The second-order valence-corrected chi connectivity index (χ2v) is 7.09. The van der Waals surface area contributed by atoms with Gasteiger partial charge in [-0.15, -0.1) is 0 Å². The number of amides is 1. The van der Waals surface area contributed by atoms with E-state index in [9.17, 15) is 4.79 Å². The Bertz CT molecular complexity index is 828. The molecule has 2 aromatic rings. The van der Waals surface area contributed by atoms with Gasteiger partial charge in [-0.1, -0.05) is 0 Å². The lowest BCUT2D eigenvalue weighted by atomic mass is 10.1. The van der Waals surface area contributed by atoms with Crippen molar-refractivity contribution in [2.45, 2.75) is 32.3 Å². The smallest absolute Gasteiger partial charge is 0.256 e. The molecule has 6 nitrogen and oxygen atoms in total. The van der Waals surface area contributed by atoms with Crippen LogP contribution in [0.5, 0.6) is 17.2 Å². The first-order valence-electron chi connectivity index (χ1n) is 9.75. The number of anilines is 1. The molecule has 1 fully saturated rings. The number of rotatable bonds is 5. The van der Waals surface area contributed by atoms with E-state index in [0.717, 1.165) is 30.8 Å². The van der Waals surface area contributed by atoms with Gasteiger partial charge in [-0.3, -0.25) is 4.79 Å². The van der Waals surface area contributed by atoms with Gasteiger partial charge in [-0.25, -0.2) is 0 Å². The Morgan fingerprint density at radius 1 is 1.07 bits per heavy atom. The van der Waals surface area contributed by atoms with Crippen LogP contribution in [0.3, 0.4) is 0 Å². The fraction of sp³-hybridized carbons (Fsp3) is 0.409. The number of nitrogens with one attached hydrogen (secondary N) is 1. The van der Waals surface area contributed by atoms with Crippen LogP contribution in [-0.4, -0.2) is 38.4 Å². The molecule has 6 heteroatoms. The van der Waals surface area contributed by atoms with Gasteiger partial charge in [0.15, 0.2) is 11.5 Å². The summed E-state index contributed by atoms with van der Waals surface area (Å²) in [5.41, 5.74) is 2.12. The average molecular weight is 383 g/mol. The summed E-state index contributed by atoms with van der Waals surface area (Å²) in [5, 5.41) is 2.92. The molecule has 4 rings (SSSR count). The number of hydrogen-bond acceptors (Lipinski definition) is 5. The summed E-state index contributed by atoms with van der Waals surface area (Å²) in [6.45, 7) is 4.28. The average Bonchev–Trinajstić information content (AvgIpc) is 2.73. The van der Waals surface area contributed by atoms with Crippen molar-refractivity contribution in [2.75, 3.05) is 31.7 Å². The Labute approximate surface area is 164 Å². The van der Waals surface area contributed by atoms with Crippen molar-refractivity contribution in [3.8, 4) is 17.2 Å². The zero-order valence-electron chi connectivity index (χ0n) is 16.0. The lowest BCUT2D eigenvalue weighted by Gasteiger charge is -2.22. The van der Waals surface area contributed by atoms with Crippen LogP contribution in [0.15, 0.2) is 36.4 Å². The van der Waals surface area contributed by atoms with Crippen LogP contribution in [0.25, 0.3) is 0 Å². The fourth-order valence-electron chi connectivity index (χ4n) is 3.40. The molecule has 1 N–H and O–H groups in total. The quantitative estimate of drug-likeness (QED) is 0.846. The topological polar surface area (TPSA) is 66.0 Å². The zero-order valence-corrected chi connectivity index (χ0v) is 16.0. The van der Waals surface area contributed by atoms with Crippen molar-refractivity contribution in [1.29, 1.82) is 0 Å². The first-order chi connectivity index (χ1) is 13.7. The molecular formula is C22H25NO5. The molecule has 2 heterocycles. The molecule has 28 heavy (non-hydrogen) atoms. The van der Waals surface area contributed by atoms with Gasteiger partial charge in [0.25, 0.3) is 5.91 Å². The van der Waals surface area contributed by atoms with E-state index in [1.54, 1.807) is 6.07 Å². The highest BCUT2D eigenvalue weighted by Gasteiger charge is 2.18. The molecule has 2 aliphatic rings. The third-order valence-electron chi connectivity index (χ3n) is 4.96. The van der Waals surface area contributed by atoms with Crippen molar-refractivity contribution in [3.05, 3.63) is 47.5 Å². The summed E-state index contributed by atoms with van der Waals surface area (Å²) in [7, 11) is 0. The summed E-state index contributed by atoms with van der Waals surface area (Å²) in [5.74, 6) is 1.88. The monoisotopic (exact) mass is 383 g/mol. The van der Waals surface area contributed by atoms with E-state index in [0.29, 0.717) is 42.6 Å². The van der Waals surface area contributed by atoms with Crippen LogP contribution in [0.4, 0.5) is 5.69 Å². The highest BCUT2D eigenvalue weighted by Crippen LogP contribution is 2.33. The molecule has 0 radical (unpaired) electrons. The minimum atomic E-state index is -0.182. The molecule has 1 amide bonds. The third-order valence-corrected chi connectivity index (χ3v) is 4.96. The van der Waals surface area contributed by atoms with Crippen molar-refractivity contribution in [1.82, 2.24) is 0 Å². The summed E-state index contributed by atoms with van der Waals surface area (Å²) in [6, 6.07) is 11.0. The molecule has 1 saturated heterocycles. The largest absolute Gasteiger partial charge is 0.491 e. The van der Waals surface area contributed by atoms with Gasteiger partial charge >= 0.3 is 0 Å². The van der Waals surface area contributed by atoms with Gasteiger partial charge in [0, 0.05) is 17.9 Å². The minimum Gasteiger partial charge on any atom is -0.491 e. The highest BCUT2D eigenvalue weighted by molar-refractivity contribution is 6.05. The van der Waals surface area contributed by atoms with Crippen LogP contribution in [-0.2, 0) is 4.74 Å². The Morgan fingerprint density at radius 2 is 1.82 bits per heavy atom. The Balaban J connectivity index is 1.37. The molecule has 0 saturated carbocycles. The van der Waals surface area contributed by atoms with Crippen LogP contribution < -0.4 is 19.5 Å². The second-order valence-electron chi connectivity index (χ2n) is 7.09. The number of carbonyl (C=O) groups excluding carboxylic acids is 1. The van der Waals surface area contributed by atoms with Crippen molar-refractivity contribution >= 4 is 11.6 Å². The van der Waals surface area contributed by atoms with Crippen LogP contribution >= 0.6 is 0 Å². The van der Waals surface area contributed by atoms with Crippen molar-refractivity contribution in [3.63, 3.8) is 0 Å². The van der Waals surface area contributed by atoms with Gasteiger partial charge in [0.2, 0.25) is 0 Å². The number of carbonyl (C=O) groups is 1. The molecule has 0 bridgehead atoms. The molecule has 2 aromatic carbocycles. The maximum absolute atomic E-state index is 12.7. The van der Waals surface area contributed by atoms with E-state index in [4.69, 9.17) is 18.9 Å². The zero-order chi connectivity index (χ0) is 19.3. The molecule has 0 spiro atoms. The maximum Gasteiger partial charge on any atom is 0.256 e. The molecule has 0 aromatic heterocycles. The number of hydrogen-bond donors (Lipinski definition) is 1. The third kappa shape index (κ3) is 4.39. The van der Waals surface area contributed by atoms with Gasteiger partial charge in [0.05, 0.1) is 6.10 Å². The Kier molecular flexibility index (Phi) is 5.67. The fourth-order valence-corrected chi connectivity index (χ4v) is 3.40. The summed E-state index contributed by atoms with van der Waals surface area (Å²) >= 11 is 0. The van der Waals surface area contributed by atoms with Crippen LogP contribution in [0.2, 0.25) is 0 Å². The summed E-state index contributed by atoms with van der Waals surface area (Å²) in [4.78, 5) is 12.7. The summed E-state index contributed by atoms with van der Waals surface area (Å²) in [6.07, 6.45) is 3.54. The molecule has 0 aliphatic carbocycles. The first-order valence-corrected chi connectivity index (χ1v) is 9.75.